The predicted octanol–water partition coefficient (Wildman–Crippen LogP) is 2.78. The van der Waals surface area contributed by atoms with Crippen LogP contribution in [0.15, 0.2) is 21.9 Å². The Morgan fingerprint density at radius 1 is 1.20 bits per heavy atom. The van der Waals surface area contributed by atoms with Gasteiger partial charge < -0.3 is 4.98 Å². The van der Waals surface area contributed by atoms with Crippen LogP contribution in [0.1, 0.15) is 27.7 Å². The SMILES string of the molecule is CC1=C(C)C(C)C([Si](C)(C)NC=O)=C1C. The molecule has 0 aromatic rings. The molecule has 1 aliphatic rings. The topological polar surface area (TPSA) is 29.1 Å². The van der Waals surface area contributed by atoms with Gasteiger partial charge in [-0.3, -0.25) is 4.79 Å². The largest absolute Gasteiger partial charge is 0.381 e. The highest BCUT2D eigenvalue weighted by Gasteiger charge is 2.36. The fourth-order valence-electron chi connectivity index (χ4n) is 2.60. The molecule has 0 saturated heterocycles. The minimum Gasteiger partial charge on any atom is -0.381 e. The summed E-state index contributed by atoms with van der Waals surface area (Å²) in [5, 5.41) is 1.48. The molecule has 1 amide bonds. The fraction of sp³-hybridized carbons (Fsp3) is 0.583. The highest BCUT2D eigenvalue weighted by Crippen LogP contribution is 2.40. The summed E-state index contributed by atoms with van der Waals surface area (Å²) >= 11 is 0. The highest BCUT2D eigenvalue weighted by atomic mass is 28.3. The van der Waals surface area contributed by atoms with Crippen LogP contribution in [0.5, 0.6) is 0 Å². The van der Waals surface area contributed by atoms with Crippen LogP contribution in [0.4, 0.5) is 0 Å². The van der Waals surface area contributed by atoms with Gasteiger partial charge in [0.2, 0.25) is 0 Å². The number of nitrogens with one attached hydrogen (secondary N) is 1. The number of carbonyl (C=O) groups is 1. The van der Waals surface area contributed by atoms with E-state index in [-0.39, 0.29) is 0 Å². The van der Waals surface area contributed by atoms with Crippen LogP contribution in [0.2, 0.25) is 13.1 Å². The molecular weight excluding hydrogens is 202 g/mol. The summed E-state index contributed by atoms with van der Waals surface area (Å²) in [6.07, 6.45) is 0.849. The highest BCUT2D eigenvalue weighted by molar-refractivity contribution is 6.83. The molecule has 1 rings (SSSR count). The summed E-state index contributed by atoms with van der Waals surface area (Å²) in [6.45, 7) is 13.2. The second-order valence-electron chi connectivity index (χ2n) is 4.96. The van der Waals surface area contributed by atoms with E-state index in [1.54, 1.807) is 0 Å². The van der Waals surface area contributed by atoms with Gasteiger partial charge in [0.15, 0.2) is 14.6 Å². The molecule has 1 atom stereocenters. The van der Waals surface area contributed by atoms with Gasteiger partial charge in [-0.15, -0.1) is 0 Å². The van der Waals surface area contributed by atoms with Gasteiger partial charge in [0.25, 0.3) is 0 Å². The summed E-state index contributed by atoms with van der Waals surface area (Å²) in [6, 6.07) is 0. The van der Waals surface area contributed by atoms with E-state index in [1.807, 2.05) is 0 Å². The van der Waals surface area contributed by atoms with Crippen molar-refractivity contribution in [1.29, 1.82) is 0 Å². The normalized spacial score (nSPS) is 22.4. The molecule has 84 valence electrons. The van der Waals surface area contributed by atoms with E-state index in [0.717, 1.165) is 6.41 Å². The lowest BCUT2D eigenvalue weighted by atomic mass is 10.1. The standard InChI is InChI=1S/C12H21NOSi/c1-8-9(2)11(4)12(10(8)3)15(5,6)13-7-14/h7,10H,1-6H3,(H,13,14). The maximum Gasteiger partial charge on any atom is 0.199 e. The van der Waals surface area contributed by atoms with E-state index in [0.29, 0.717) is 5.92 Å². The number of hydrogen-bond donors (Lipinski definition) is 1. The molecule has 1 N–H and O–H groups in total. The lowest BCUT2D eigenvalue weighted by Crippen LogP contribution is -2.47. The third-order valence-electron chi connectivity index (χ3n) is 3.73. The Morgan fingerprint density at radius 3 is 2.07 bits per heavy atom. The zero-order chi connectivity index (χ0) is 11.8. The molecule has 0 aromatic carbocycles. The van der Waals surface area contributed by atoms with Gasteiger partial charge in [0.05, 0.1) is 0 Å². The van der Waals surface area contributed by atoms with Crippen LogP contribution in [0.3, 0.4) is 0 Å². The molecule has 0 bridgehead atoms. The quantitative estimate of drug-likeness (QED) is 0.578. The van der Waals surface area contributed by atoms with Gasteiger partial charge in [-0.2, -0.15) is 0 Å². The first kappa shape index (κ1) is 12.2. The average Bonchev–Trinajstić information content (AvgIpc) is 2.31. The van der Waals surface area contributed by atoms with Crippen LogP contribution in [0.25, 0.3) is 0 Å². The van der Waals surface area contributed by atoms with Gasteiger partial charge >= 0.3 is 0 Å². The summed E-state index contributed by atoms with van der Waals surface area (Å²) in [5.41, 5.74) is 4.26. The van der Waals surface area contributed by atoms with E-state index < -0.39 is 8.24 Å². The second-order valence-corrected chi connectivity index (χ2v) is 9.03. The Bertz CT molecular complexity index is 353. The van der Waals surface area contributed by atoms with Crippen molar-refractivity contribution >= 4 is 14.6 Å². The van der Waals surface area contributed by atoms with Crippen molar-refractivity contribution in [1.82, 2.24) is 4.98 Å². The lowest BCUT2D eigenvalue weighted by molar-refractivity contribution is -0.108. The molecule has 1 unspecified atom stereocenters. The molecule has 0 aromatic heterocycles. The Morgan fingerprint density at radius 2 is 1.73 bits per heavy atom. The summed E-state index contributed by atoms with van der Waals surface area (Å²) < 4.78 is 0. The van der Waals surface area contributed by atoms with Crippen molar-refractivity contribution in [3.05, 3.63) is 21.9 Å². The van der Waals surface area contributed by atoms with Gasteiger partial charge in [0.1, 0.15) is 0 Å². The zero-order valence-electron chi connectivity index (χ0n) is 10.6. The Labute approximate surface area is 93.5 Å². The lowest BCUT2D eigenvalue weighted by Gasteiger charge is -2.28. The van der Waals surface area contributed by atoms with Crippen LogP contribution in [-0.4, -0.2) is 14.6 Å². The Hall–Kier alpha value is -0.833. The van der Waals surface area contributed by atoms with E-state index in [1.165, 1.54) is 21.9 Å². The van der Waals surface area contributed by atoms with Gasteiger partial charge in [-0.1, -0.05) is 23.3 Å². The van der Waals surface area contributed by atoms with E-state index >= 15 is 0 Å². The second kappa shape index (κ2) is 3.97. The molecule has 1 aliphatic carbocycles. The maximum atomic E-state index is 10.6. The van der Waals surface area contributed by atoms with E-state index in [2.05, 4.69) is 45.8 Å². The van der Waals surface area contributed by atoms with E-state index in [4.69, 9.17) is 0 Å². The fourth-order valence-corrected chi connectivity index (χ4v) is 5.47. The van der Waals surface area contributed by atoms with Gasteiger partial charge in [-0.05, 0) is 45.4 Å². The minimum absolute atomic E-state index is 0.499. The first-order chi connectivity index (χ1) is 6.83. The summed E-state index contributed by atoms with van der Waals surface area (Å²) in [4.78, 5) is 13.7. The third kappa shape index (κ3) is 1.93. The van der Waals surface area contributed by atoms with Gasteiger partial charge in [0, 0.05) is 0 Å². The number of amides is 1. The molecule has 0 spiro atoms. The van der Waals surface area contributed by atoms with Crippen LogP contribution >= 0.6 is 0 Å². The number of rotatable bonds is 3. The summed E-state index contributed by atoms with van der Waals surface area (Å²) in [5.74, 6) is 0.499. The molecule has 2 nitrogen and oxygen atoms in total. The molecule has 3 heteroatoms. The molecular formula is C12H21NOSi. The number of allylic oxidation sites excluding steroid dienone is 4. The first-order valence-corrected chi connectivity index (χ1v) is 8.43. The molecule has 0 saturated carbocycles. The van der Waals surface area contributed by atoms with Gasteiger partial charge in [-0.25, -0.2) is 0 Å². The molecule has 0 radical (unpaired) electrons. The monoisotopic (exact) mass is 223 g/mol. The van der Waals surface area contributed by atoms with Crippen LogP contribution < -0.4 is 4.98 Å². The third-order valence-corrected chi connectivity index (χ3v) is 6.73. The Balaban J connectivity index is 3.14. The first-order valence-electron chi connectivity index (χ1n) is 5.43. The predicted molar refractivity (Wildman–Crippen MR) is 66.9 cm³/mol. The van der Waals surface area contributed by atoms with Crippen molar-refractivity contribution in [2.45, 2.75) is 40.8 Å². The van der Waals surface area contributed by atoms with Crippen molar-refractivity contribution in [3.8, 4) is 0 Å². The number of carbonyl (C=O) groups excluding carboxylic acids is 1. The average molecular weight is 223 g/mol. The zero-order valence-corrected chi connectivity index (χ0v) is 11.6. The van der Waals surface area contributed by atoms with Crippen molar-refractivity contribution in [2.24, 2.45) is 5.92 Å². The van der Waals surface area contributed by atoms with Crippen LogP contribution in [0, 0.1) is 5.92 Å². The van der Waals surface area contributed by atoms with Crippen molar-refractivity contribution in [2.75, 3.05) is 0 Å². The Kier molecular flexibility index (Phi) is 3.24. The summed E-state index contributed by atoms with van der Waals surface area (Å²) in [7, 11) is -1.76. The van der Waals surface area contributed by atoms with Crippen molar-refractivity contribution < 1.29 is 4.79 Å². The molecule has 0 heterocycles. The molecule has 0 aliphatic heterocycles. The van der Waals surface area contributed by atoms with Crippen LogP contribution in [-0.2, 0) is 4.79 Å². The smallest absolute Gasteiger partial charge is 0.199 e. The number of hydrogen-bond acceptors (Lipinski definition) is 1. The van der Waals surface area contributed by atoms with Crippen molar-refractivity contribution in [3.63, 3.8) is 0 Å². The maximum absolute atomic E-state index is 10.6. The molecule has 15 heavy (non-hydrogen) atoms. The minimum atomic E-state index is -1.76. The molecule has 0 fully saturated rings. The van der Waals surface area contributed by atoms with E-state index in [9.17, 15) is 4.79 Å².